The van der Waals surface area contributed by atoms with Gasteiger partial charge in [-0.15, -0.1) is 0 Å². The summed E-state index contributed by atoms with van der Waals surface area (Å²) in [6.07, 6.45) is 0.955. The van der Waals surface area contributed by atoms with Crippen molar-refractivity contribution in [3.8, 4) is 0 Å². The van der Waals surface area contributed by atoms with Crippen LogP contribution in [-0.2, 0) is 17.5 Å². The van der Waals surface area contributed by atoms with E-state index in [9.17, 15) is 13.2 Å². The van der Waals surface area contributed by atoms with Gasteiger partial charge in [-0.1, -0.05) is 38.7 Å². The average molecular weight is 303 g/mol. The Balaban J connectivity index is 2.55. The summed E-state index contributed by atoms with van der Waals surface area (Å²) in [5.41, 5.74) is 4.97. The van der Waals surface area contributed by atoms with Crippen molar-refractivity contribution in [1.82, 2.24) is 0 Å². The van der Waals surface area contributed by atoms with Crippen LogP contribution >= 0.6 is 0 Å². The topological polar surface area (TPSA) is 35.2 Å². The third-order valence-corrected chi connectivity index (χ3v) is 3.43. The van der Waals surface area contributed by atoms with Crippen molar-refractivity contribution in [3.05, 3.63) is 29.3 Å². The van der Waals surface area contributed by atoms with E-state index >= 15 is 0 Å². The molecule has 1 unspecified atom stereocenters. The molecular formula is C16H24F3NO. The monoisotopic (exact) mass is 303 g/mol. The predicted octanol–water partition coefficient (Wildman–Crippen LogP) is 5.16. The van der Waals surface area contributed by atoms with Crippen LogP contribution < -0.4 is 5.73 Å². The molecule has 120 valence electrons. The SMILES string of the molecule is CCCCCCC(C)OCc1ccc(N)cc1C(F)(F)F. The van der Waals surface area contributed by atoms with Gasteiger partial charge in [0.2, 0.25) is 0 Å². The maximum Gasteiger partial charge on any atom is 0.416 e. The van der Waals surface area contributed by atoms with Gasteiger partial charge in [0.05, 0.1) is 18.3 Å². The number of hydrogen-bond acceptors (Lipinski definition) is 2. The van der Waals surface area contributed by atoms with Gasteiger partial charge in [-0.2, -0.15) is 13.2 Å². The summed E-state index contributed by atoms with van der Waals surface area (Å²) in [6, 6.07) is 3.83. The molecule has 1 atom stereocenters. The predicted molar refractivity (Wildman–Crippen MR) is 78.9 cm³/mol. The first kappa shape index (κ1) is 17.8. The third-order valence-electron chi connectivity index (χ3n) is 3.43. The Bertz CT molecular complexity index is 432. The first-order valence-electron chi connectivity index (χ1n) is 7.41. The highest BCUT2D eigenvalue weighted by Gasteiger charge is 2.33. The Morgan fingerprint density at radius 3 is 2.52 bits per heavy atom. The van der Waals surface area contributed by atoms with Crippen LogP contribution in [0.5, 0.6) is 0 Å². The fraction of sp³-hybridized carbons (Fsp3) is 0.625. The lowest BCUT2D eigenvalue weighted by Gasteiger charge is -2.17. The first-order valence-corrected chi connectivity index (χ1v) is 7.41. The van der Waals surface area contributed by atoms with Gasteiger partial charge in [-0.05, 0) is 31.0 Å². The Labute approximate surface area is 124 Å². The van der Waals surface area contributed by atoms with Crippen LogP contribution in [0.2, 0.25) is 0 Å². The van der Waals surface area contributed by atoms with Gasteiger partial charge in [0.15, 0.2) is 0 Å². The van der Waals surface area contributed by atoms with Crippen LogP contribution in [-0.4, -0.2) is 6.10 Å². The van der Waals surface area contributed by atoms with E-state index in [-0.39, 0.29) is 24.0 Å². The Hall–Kier alpha value is -1.23. The van der Waals surface area contributed by atoms with E-state index in [0.29, 0.717) is 0 Å². The molecule has 2 nitrogen and oxygen atoms in total. The molecule has 0 aliphatic carbocycles. The van der Waals surface area contributed by atoms with Gasteiger partial charge in [0.1, 0.15) is 0 Å². The molecule has 0 spiro atoms. The van der Waals surface area contributed by atoms with Crippen molar-refractivity contribution >= 4 is 5.69 Å². The lowest BCUT2D eigenvalue weighted by Crippen LogP contribution is -2.13. The number of benzene rings is 1. The van der Waals surface area contributed by atoms with Gasteiger partial charge in [0.25, 0.3) is 0 Å². The largest absolute Gasteiger partial charge is 0.416 e. The summed E-state index contributed by atoms with van der Waals surface area (Å²) in [5.74, 6) is 0. The number of hydrogen-bond donors (Lipinski definition) is 1. The Kier molecular flexibility index (Phi) is 7.02. The average Bonchev–Trinajstić information content (AvgIpc) is 2.41. The quantitative estimate of drug-likeness (QED) is 0.531. The summed E-state index contributed by atoms with van der Waals surface area (Å²) >= 11 is 0. The van der Waals surface area contributed by atoms with Crippen LogP contribution in [0.1, 0.15) is 57.1 Å². The maximum absolute atomic E-state index is 12.9. The fourth-order valence-corrected chi connectivity index (χ4v) is 2.16. The smallest absolute Gasteiger partial charge is 0.399 e. The van der Waals surface area contributed by atoms with E-state index in [4.69, 9.17) is 10.5 Å². The Morgan fingerprint density at radius 2 is 1.90 bits per heavy atom. The van der Waals surface area contributed by atoms with E-state index in [2.05, 4.69) is 6.92 Å². The van der Waals surface area contributed by atoms with Crippen molar-refractivity contribution in [1.29, 1.82) is 0 Å². The number of nitrogen functional groups attached to an aromatic ring is 1. The van der Waals surface area contributed by atoms with E-state index in [1.165, 1.54) is 18.6 Å². The summed E-state index contributed by atoms with van der Waals surface area (Å²) in [5, 5.41) is 0. The van der Waals surface area contributed by atoms with Crippen LogP contribution in [0.4, 0.5) is 18.9 Å². The zero-order valence-corrected chi connectivity index (χ0v) is 12.7. The molecule has 0 radical (unpaired) electrons. The summed E-state index contributed by atoms with van der Waals surface area (Å²) in [6.45, 7) is 4.00. The zero-order valence-electron chi connectivity index (χ0n) is 12.7. The van der Waals surface area contributed by atoms with Gasteiger partial charge >= 0.3 is 6.18 Å². The van der Waals surface area contributed by atoms with E-state index in [1.54, 1.807) is 0 Å². The molecular weight excluding hydrogens is 279 g/mol. The summed E-state index contributed by atoms with van der Waals surface area (Å²) in [7, 11) is 0. The normalized spacial score (nSPS) is 13.4. The molecule has 0 bridgehead atoms. The molecule has 0 aromatic heterocycles. The lowest BCUT2D eigenvalue weighted by atomic mass is 10.1. The second kappa shape index (κ2) is 8.27. The highest BCUT2D eigenvalue weighted by atomic mass is 19.4. The van der Waals surface area contributed by atoms with E-state index in [0.717, 1.165) is 31.7 Å². The highest BCUT2D eigenvalue weighted by Crippen LogP contribution is 2.33. The minimum absolute atomic E-state index is 0.0376. The van der Waals surface area contributed by atoms with Crippen molar-refractivity contribution in [3.63, 3.8) is 0 Å². The maximum atomic E-state index is 12.9. The molecule has 1 aromatic rings. The van der Waals surface area contributed by atoms with E-state index in [1.807, 2.05) is 6.92 Å². The van der Waals surface area contributed by atoms with E-state index < -0.39 is 11.7 Å². The molecule has 0 heterocycles. The summed E-state index contributed by atoms with van der Waals surface area (Å²) in [4.78, 5) is 0. The minimum atomic E-state index is -4.40. The Morgan fingerprint density at radius 1 is 1.19 bits per heavy atom. The molecule has 0 fully saturated rings. The number of nitrogens with two attached hydrogens (primary N) is 1. The zero-order chi connectivity index (χ0) is 15.9. The molecule has 0 aliphatic rings. The van der Waals surface area contributed by atoms with Crippen LogP contribution in [0.25, 0.3) is 0 Å². The van der Waals surface area contributed by atoms with Gasteiger partial charge in [-0.3, -0.25) is 0 Å². The number of anilines is 1. The van der Waals surface area contributed by atoms with Crippen LogP contribution in [0, 0.1) is 0 Å². The molecule has 2 N–H and O–H groups in total. The lowest BCUT2D eigenvalue weighted by molar-refractivity contribution is -0.139. The van der Waals surface area contributed by atoms with Crippen molar-refractivity contribution < 1.29 is 17.9 Å². The van der Waals surface area contributed by atoms with Crippen LogP contribution in [0.15, 0.2) is 18.2 Å². The van der Waals surface area contributed by atoms with Gasteiger partial charge in [-0.25, -0.2) is 0 Å². The highest BCUT2D eigenvalue weighted by molar-refractivity contribution is 5.45. The van der Waals surface area contributed by atoms with Crippen molar-refractivity contribution in [2.24, 2.45) is 0 Å². The van der Waals surface area contributed by atoms with Gasteiger partial charge in [0, 0.05) is 5.69 Å². The molecule has 0 saturated carbocycles. The number of halogens is 3. The number of unbranched alkanes of at least 4 members (excludes halogenated alkanes) is 3. The number of rotatable bonds is 8. The molecule has 0 aliphatic heterocycles. The molecule has 1 rings (SSSR count). The van der Waals surface area contributed by atoms with Crippen molar-refractivity contribution in [2.75, 3.05) is 5.73 Å². The minimum Gasteiger partial charge on any atom is -0.399 e. The molecule has 0 amide bonds. The van der Waals surface area contributed by atoms with Gasteiger partial charge < -0.3 is 10.5 Å². The second-order valence-electron chi connectivity index (χ2n) is 5.39. The number of ether oxygens (including phenoxy) is 1. The summed E-state index contributed by atoms with van der Waals surface area (Å²) < 4.78 is 44.3. The third kappa shape index (κ3) is 6.38. The fourth-order valence-electron chi connectivity index (χ4n) is 2.16. The molecule has 0 saturated heterocycles. The van der Waals surface area contributed by atoms with Crippen molar-refractivity contribution in [2.45, 2.75) is 64.8 Å². The number of alkyl halides is 3. The first-order chi connectivity index (χ1) is 9.84. The van der Waals surface area contributed by atoms with Crippen LogP contribution in [0.3, 0.4) is 0 Å². The second-order valence-corrected chi connectivity index (χ2v) is 5.39. The molecule has 21 heavy (non-hydrogen) atoms. The molecule has 5 heteroatoms. The molecule has 1 aromatic carbocycles. The standard InChI is InChI=1S/C16H24F3NO/c1-3-4-5-6-7-12(2)21-11-13-8-9-14(20)10-15(13)16(17,18)19/h8-10,12H,3-7,11,20H2,1-2H3.